The summed E-state index contributed by atoms with van der Waals surface area (Å²) in [5, 5.41) is 9.09. The predicted octanol–water partition coefficient (Wildman–Crippen LogP) is 4.11. The zero-order chi connectivity index (χ0) is 20.2. The average Bonchev–Trinajstić information content (AvgIpc) is 2.74. The lowest BCUT2D eigenvalue weighted by Gasteiger charge is -2.34. The third-order valence-electron chi connectivity index (χ3n) is 5.99. The number of amides is 1. The number of piperidine rings is 1. The number of pyridine rings is 1. The molecule has 6 heteroatoms. The Morgan fingerprint density at radius 3 is 2.62 bits per heavy atom. The van der Waals surface area contributed by atoms with Crippen molar-refractivity contribution in [2.24, 2.45) is 0 Å². The van der Waals surface area contributed by atoms with Crippen LogP contribution in [0.15, 0.2) is 42.5 Å². The summed E-state index contributed by atoms with van der Waals surface area (Å²) in [6, 6.07) is 14.7. The van der Waals surface area contributed by atoms with Crippen molar-refractivity contribution in [2.45, 2.75) is 51.3 Å². The molecule has 0 radical (unpaired) electrons. The van der Waals surface area contributed by atoms with Crippen LogP contribution in [0.1, 0.15) is 48.9 Å². The largest absolute Gasteiger partial charge is 0.474 e. The molecule has 1 N–H and O–H groups in total. The van der Waals surface area contributed by atoms with E-state index >= 15 is 0 Å². The van der Waals surface area contributed by atoms with Crippen molar-refractivity contribution >= 4 is 6.09 Å². The van der Waals surface area contributed by atoms with Crippen LogP contribution in [-0.2, 0) is 13.1 Å². The van der Waals surface area contributed by atoms with Crippen LogP contribution in [0.2, 0.25) is 0 Å². The number of ether oxygens (including phenoxy) is 1. The van der Waals surface area contributed by atoms with E-state index in [1.54, 1.807) is 0 Å². The molecule has 1 unspecified atom stereocenters. The van der Waals surface area contributed by atoms with E-state index in [4.69, 9.17) is 14.8 Å². The lowest BCUT2D eigenvalue weighted by atomic mass is 9.92. The molecule has 2 aliphatic heterocycles. The minimum atomic E-state index is -0.846. The minimum absolute atomic E-state index is 0.0365. The quantitative estimate of drug-likeness (QED) is 0.825. The molecule has 1 aromatic carbocycles. The number of carboxylic acid groups (broad SMARTS) is 1. The number of carbonyl (C=O) groups is 1. The molecular weight excluding hydrogens is 366 g/mol. The van der Waals surface area contributed by atoms with Crippen LogP contribution in [0.25, 0.3) is 0 Å². The SMILES string of the molecule is CCC1CN(Cc2ccccc2)Cc2ccc(OC3CCN(C(=O)O)CC3)nc21. The lowest BCUT2D eigenvalue weighted by molar-refractivity contribution is 0.0866. The van der Waals surface area contributed by atoms with Gasteiger partial charge >= 0.3 is 6.09 Å². The van der Waals surface area contributed by atoms with Crippen molar-refractivity contribution in [3.05, 3.63) is 59.3 Å². The van der Waals surface area contributed by atoms with E-state index in [1.165, 1.54) is 16.0 Å². The van der Waals surface area contributed by atoms with Crippen LogP contribution in [0.3, 0.4) is 0 Å². The molecule has 1 aromatic heterocycles. The van der Waals surface area contributed by atoms with E-state index in [-0.39, 0.29) is 6.10 Å². The molecule has 0 bridgehead atoms. The van der Waals surface area contributed by atoms with Gasteiger partial charge in [0.15, 0.2) is 0 Å². The number of aromatic nitrogens is 1. The van der Waals surface area contributed by atoms with Crippen LogP contribution >= 0.6 is 0 Å². The number of hydrogen-bond acceptors (Lipinski definition) is 4. The van der Waals surface area contributed by atoms with E-state index in [9.17, 15) is 4.79 Å². The Balaban J connectivity index is 1.42. The summed E-state index contributed by atoms with van der Waals surface area (Å²) in [6.45, 7) is 6.14. The van der Waals surface area contributed by atoms with E-state index in [0.29, 0.717) is 37.7 Å². The number of benzene rings is 1. The van der Waals surface area contributed by atoms with Crippen LogP contribution < -0.4 is 4.74 Å². The molecule has 2 aliphatic rings. The van der Waals surface area contributed by atoms with Crippen molar-refractivity contribution in [1.29, 1.82) is 0 Å². The smallest absolute Gasteiger partial charge is 0.407 e. The maximum absolute atomic E-state index is 11.1. The Kier molecular flexibility index (Phi) is 6.00. The summed E-state index contributed by atoms with van der Waals surface area (Å²) in [5.41, 5.74) is 3.79. The number of hydrogen-bond donors (Lipinski definition) is 1. The fourth-order valence-electron chi connectivity index (χ4n) is 4.36. The second-order valence-electron chi connectivity index (χ2n) is 8.04. The monoisotopic (exact) mass is 395 g/mol. The first-order valence-corrected chi connectivity index (χ1v) is 10.5. The first kappa shape index (κ1) is 19.7. The summed E-state index contributed by atoms with van der Waals surface area (Å²) in [7, 11) is 0. The summed E-state index contributed by atoms with van der Waals surface area (Å²) >= 11 is 0. The van der Waals surface area contributed by atoms with Gasteiger partial charge in [0.1, 0.15) is 6.10 Å². The van der Waals surface area contributed by atoms with Crippen molar-refractivity contribution in [3.8, 4) is 5.88 Å². The van der Waals surface area contributed by atoms with E-state index in [0.717, 1.165) is 31.7 Å². The highest BCUT2D eigenvalue weighted by Crippen LogP contribution is 2.32. The van der Waals surface area contributed by atoms with Gasteiger partial charge < -0.3 is 14.7 Å². The Morgan fingerprint density at radius 1 is 1.17 bits per heavy atom. The Morgan fingerprint density at radius 2 is 1.93 bits per heavy atom. The molecule has 0 saturated carbocycles. The molecule has 1 atom stereocenters. The molecule has 154 valence electrons. The fourth-order valence-corrected chi connectivity index (χ4v) is 4.36. The molecule has 1 fully saturated rings. The Labute approximate surface area is 172 Å². The van der Waals surface area contributed by atoms with Gasteiger partial charge in [0.2, 0.25) is 5.88 Å². The minimum Gasteiger partial charge on any atom is -0.474 e. The second kappa shape index (κ2) is 8.82. The molecule has 0 aliphatic carbocycles. The van der Waals surface area contributed by atoms with Gasteiger partial charge in [0, 0.05) is 57.5 Å². The van der Waals surface area contributed by atoms with E-state index < -0.39 is 6.09 Å². The van der Waals surface area contributed by atoms with Gasteiger partial charge in [-0.3, -0.25) is 4.90 Å². The molecule has 3 heterocycles. The predicted molar refractivity (Wildman–Crippen MR) is 111 cm³/mol. The van der Waals surface area contributed by atoms with E-state index in [1.807, 2.05) is 6.07 Å². The first-order chi connectivity index (χ1) is 14.1. The molecule has 2 aromatic rings. The van der Waals surface area contributed by atoms with Gasteiger partial charge in [-0.2, -0.15) is 0 Å². The fraction of sp³-hybridized carbons (Fsp3) is 0.478. The molecule has 1 saturated heterocycles. The molecule has 4 rings (SSSR count). The van der Waals surface area contributed by atoms with Crippen molar-refractivity contribution < 1.29 is 14.6 Å². The van der Waals surface area contributed by atoms with Gasteiger partial charge in [0.25, 0.3) is 0 Å². The summed E-state index contributed by atoms with van der Waals surface area (Å²) < 4.78 is 6.12. The highest BCUT2D eigenvalue weighted by Gasteiger charge is 2.27. The van der Waals surface area contributed by atoms with Crippen molar-refractivity contribution in [2.75, 3.05) is 19.6 Å². The van der Waals surface area contributed by atoms with Gasteiger partial charge in [0.05, 0.1) is 5.69 Å². The van der Waals surface area contributed by atoms with Crippen molar-refractivity contribution in [3.63, 3.8) is 0 Å². The number of nitrogens with zero attached hydrogens (tertiary/aromatic N) is 3. The van der Waals surface area contributed by atoms with Gasteiger partial charge in [-0.05, 0) is 17.5 Å². The van der Waals surface area contributed by atoms with Crippen LogP contribution in [0.4, 0.5) is 4.79 Å². The van der Waals surface area contributed by atoms with Gasteiger partial charge in [-0.15, -0.1) is 0 Å². The molecule has 6 nitrogen and oxygen atoms in total. The molecule has 1 amide bonds. The summed E-state index contributed by atoms with van der Waals surface area (Å²) in [6.07, 6.45) is 1.67. The molecule has 0 spiro atoms. The number of likely N-dealkylation sites (tertiary alicyclic amines) is 1. The van der Waals surface area contributed by atoms with Crippen LogP contribution in [0.5, 0.6) is 5.88 Å². The maximum Gasteiger partial charge on any atom is 0.407 e. The van der Waals surface area contributed by atoms with E-state index in [2.05, 4.69) is 48.2 Å². The lowest BCUT2D eigenvalue weighted by Crippen LogP contribution is -2.41. The first-order valence-electron chi connectivity index (χ1n) is 10.5. The average molecular weight is 396 g/mol. The zero-order valence-corrected chi connectivity index (χ0v) is 17.0. The van der Waals surface area contributed by atoms with Crippen molar-refractivity contribution in [1.82, 2.24) is 14.8 Å². The number of rotatable bonds is 5. The second-order valence-corrected chi connectivity index (χ2v) is 8.04. The molecule has 29 heavy (non-hydrogen) atoms. The van der Waals surface area contributed by atoms with Gasteiger partial charge in [-0.1, -0.05) is 43.3 Å². The summed E-state index contributed by atoms with van der Waals surface area (Å²) in [5.74, 6) is 1.08. The number of fused-ring (bicyclic) bond motifs is 1. The van der Waals surface area contributed by atoms with Crippen LogP contribution in [0, 0.1) is 0 Å². The zero-order valence-electron chi connectivity index (χ0n) is 17.0. The standard InChI is InChI=1S/C23H29N3O3/c1-2-18-15-25(14-17-6-4-3-5-7-17)16-19-8-9-21(24-22(18)19)29-20-10-12-26(13-11-20)23(27)28/h3-9,18,20H,2,10-16H2,1H3,(H,27,28). The Hall–Kier alpha value is -2.60. The summed E-state index contributed by atoms with van der Waals surface area (Å²) in [4.78, 5) is 19.9. The maximum atomic E-state index is 11.1. The topological polar surface area (TPSA) is 65.9 Å². The third kappa shape index (κ3) is 4.70. The Bertz CT molecular complexity index is 835. The van der Waals surface area contributed by atoms with Gasteiger partial charge in [-0.25, -0.2) is 9.78 Å². The highest BCUT2D eigenvalue weighted by molar-refractivity contribution is 5.65. The normalized spacial score (nSPS) is 20.3. The van der Waals surface area contributed by atoms with Crippen LogP contribution in [-0.4, -0.2) is 51.7 Å². The highest BCUT2D eigenvalue weighted by atomic mass is 16.5. The molecular formula is C23H29N3O3. The third-order valence-corrected chi connectivity index (χ3v) is 5.99.